The van der Waals surface area contributed by atoms with Crippen LogP contribution in [0.25, 0.3) is 0 Å². The summed E-state index contributed by atoms with van der Waals surface area (Å²) in [6.07, 6.45) is 3.58. The van der Waals surface area contributed by atoms with Gasteiger partial charge in [0.15, 0.2) is 0 Å². The van der Waals surface area contributed by atoms with Crippen molar-refractivity contribution in [3.05, 3.63) is 17.5 Å². The minimum absolute atomic E-state index is 0.0288. The summed E-state index contributed by atoms with van der Waals surface area (Å²) in [6.45, 7) is 5.45. The van der Waals surface area contributed by atoms with Gasteiger partial charge in [0, 0.05) is 12.6 Å². The Morgan fingerprint density at radius 2 is 2.47 bits per heavy atom. The Balaban J connectivity index is 2.20. The number of carbonyl (C=O) groups is 1. The van der Waals surface area contributed by atoms with E-state index < -0.39 is 0 Å². The molecule has 5 heteroatoms. The van der Waals surface area contributed by atoms with Crippen molar-refractivity contribution >= 4 is 5.91 Å². The van der Waals surface area contributed by atoms with Crippen molar-refractivity contribution in [3.8, 4) is 0 Å². The highest BCUT2D eigenvalue weighted by Crippen LogP contribution is 2.22. The van der Waals surface area contributed by atoms with Gasteiger partial charge in [0.1, 0.15) is 0 Å². The number of amides is 1. The van der Waals surface area contributed by atoms with Crippen molar-refractivity contribution in [3.63, 3.8) is 0 Å². The molecule has 1 aromatic heterocycles. The second kappa shape index (κ2) is 4.87. The molecule has 1 aliphatic heterocycles. The maximum Gasteiger partial charge on any atom is 0.254 e. The average molecular weight is 236 g/mol. The molecule has 3 N–H and O–H groups in total. The lowest BCUT2D eigenvalue weighted by Gasteiger charge is -2.22. The van der Waals surface area contributed by atoms with Crippen molar-refractivity contribution in [1.82, 2.24) is 15.1 Å². The molecule has 0 unspecified atom stereocenters. The number of rotatable bonds is 3. The van der Waals surface area contributed by atoms with Crippen LogP contribution in [0.4, 0.5) is 0 Å². The summed E-state index contributed by atoms with van der Waals surface area (Å²) in [7, 11) is 0. The van der Waals surface area contributed by atoms with Crippen molar-refractivity contribution in [2.45, 2.75) is 39.3 Å². The molecule has 0 aromatic carbocycles. The molecule has 0 saturated carbocycles. The summed E-state index contributed by atoms with van der Waals surface area (Å²) >= 11 is 0. The lowest BCUT2D eigenvalue weighted by atomic mass is 9.94. The van der Waals surface area contributed by atoms with E-state index in [4.69, 9.17) is 5.73 Å². The zero-order valence-corrected chi connectivity index (χ0v) is 10.4. The number of fused-ring (bicyclic) bond motifs is 1. The Morgan fingerprint density at radius 3 is 3.12 bits per heavy atom. The van der Waals surface area contributed by atoms with E-state index >= 15 is 0 Å². The fourth-order valence-corrected chi connectivity index (χ4v) is 2.23. The lowest BCUT2D eigenvalue weighted by Crippen LogP contribution is -2.32. The van der Waals surface area contributed by atoms with E-state index in [9.17, 15) is 4.79 Å². The fraction of sp³-hybridized carbons (Fsp3) is 0.667. The van der Waals surface area contributed by atoms with Gasteiger partial charge >= 0.3 is 0 Å². The van der Waals surface area contributed by atoms with Crippen LogP contribution in [0.3, 0.4) is 0 Å². The van der Waals surface area contributed by atoms with Crippen LogP contribution in [0.2, 0.25) is 0 Å². The SMILES string of the molecule is CC(C)NC(=O)c1cnn2c1C[C@H](CN)CC2. The van der Waals surface area contributed by atoms with Crippen LogP contribution in [0.1, 0.15) is 36.3 Å². The van der Waals surface area contributed by atoms with E-state index in [1.54, 1.807) is 6.20 Å². The molecule has 17 heavy (non-hydrogen) atoms. The van der Waals surface area contributed by atoms with Gasteiger partial charge in [-0.2, -0.15) is 5.10 Å². The summed E-state index contributed by atoms with van der Waals surface area (Å²) < 4.78 is 1.93. The predicted molar refractivity (Wildman–Crippen MR) is 65.7 cm³/mol. The highest BCUT2D eigenvalue weighted by molar-refractivity contribution is 5.95. The molecule has 1 atom stereocenters. The normalized spacial score (nSPS) is 19.2. The van der Waals surface area contributed by atoms with Crippen LogP contribution in [0.15, 0.2) is 6.20 Å². The van der Waals surface area contributed by atoms with Crippen LogP contribution >= 0.6 is 0 Å². The summed E-state index contributed by atoms with van der Waals surface area (Å²) in [6, 6.07) is 0.145. The van der Waals surface area contributed by atoms with Gasteiger partial charge in [0.05, 0.1) is 17.5 Å². The van der Waals surface area contributed by atoms with Gasteiger partial charge in [-0.15, -0.1) is 0 Å². The van der Waals surface area contributed by atoms with E-state index in [0.29, 0.717) is 18.0 Å². The third-order valence-corrected chi connectivity index (χ3v) is 3.18. The minimum Gasteiger partial charge on any atom is -0.350 e. The van der Waals surface area contributed by atoms with Gasteiger partial charge in [0.2, 0.25) is 0 Å². The molecule has 5 nitrogen and oxygen atoms in total. The number of nitrogens with two attached hydrogens (primary N) is 1. The number of nitrogens with one attached hydrogen (secondary N) is 1. The number of aromatic nitrogens is 2. The maximum atomic E-state index is 12.0. The summed E-state index contributed by atoms with van der Waals surface area (Å²) in [5.74, 6) is 0.448. The third kappa shape index (κ3) is 2.49. The maximum absolute atomic E-state index is 12.0. The zero-order valence-electron chi connectivity index (χ0n) is 10.4. The van der Waals surface area contributed by atoms with E-state index in [0.717, 1.165) is 25.1 Å². The summed E-state index contributed by atoms with van der Waals surface area (Å²) in [5.41, 5.74) is 7.44. The predicted octanol–water partition coefficient (Wildman–Crippen LogP) is 0.542. The number of nitrogens with zero attached hydrogens (tertiary/aromatic N) is 2. The van der Waals surface area contributed by atoms with Crippen molar-refractivity contribution in [2.75, 3.05) is 6.54 Å². The molecule has 0 bridgehead atoms. The van der Waals surface area contributed by atoms with Gasteiger partial charge in [-0.05, 0) is 39.2 Å². The van der Waals surface area contributed by atoms with Crippen molar-refractivity contribution in [2.24, 2.45) is 11.7 Å². The molecule has 0 fully saturated rings. The Hall–Kier alpha value is -1.36. The van der Waals surface area contributed by atoms with E-state index in [2.05, 4.69) is 10.4 Å². The van der Waals surface area contributed by atoms with Gasteiger partial charge in [-0.25, -0.2) is 0 Å². The smallest absolute Gasteiger partial charge is 0.254 e. The molecule has 1 aromatic rings. The number of carbonyl (C=O) groups excluding carboxylic acids is 1. The second-order valence-corrected chi connectivity index (χ2v) is 4.95. The molecule has 1 aliphatic rings. The zero-order chi connectivity index (χ0) is 12.4. The number of hydrogen-bond donors (Lipinski definition) is 2. The summed E-state index contributed by atoms with van der Waals surface area (Å²) in [5, 5.41) is 7.17. The molecule has 94 valence electrons. The van der Waals surface area contributed by atoms with Gasteiger partial charge < -0.3 is 11.1 Å². The van der Waals surface area contributed by atoms with Crippen LogP contribution < -0.4 is 11.1 Å². The standard InChI is InChI=1S/C12H20N4O/c1-8(2)15-12(17)10-7-14-16-4-3-9(6-13)5-11(10)16/h7-9H,3-6,13H2,1-2H3,(H,15,17)/t9-/m1/s1. The van der Waals surface area contributed by atoms with Gasteiger partial charge in [0.25, 0.3) is 5.91 Å². The van der Waals surface area contributed by atoms with Gasteiger partial charge in [-0.3, -0.25) is 9.48 Å². The molecule has 0 aliphatic carbocycles. The van der Waals surface area contributed by atoms with Crippen LogP contribution in [0.5, 0.6) is 0 Å². The molecular weight excluding hydrogens is 216 g/mol. The van der Waals surface area contributed by atoms with Crippen LogP contribution in [-0.2, 0) is 13.0 Å². The lowest BCUT2D eigenvalue weighted by molar-refractivity contribution is 0.0941. The molecular formula is C12H20N4O. The summed E-state index contributed by atoms with van der Waals surface area (Å²) in [4.78, 5) is 12.0. The Bertz CT molecular complexity index is 411. The Morgan fingerprint density at radius 1 is 1.71 bits per heavy atom. The first-order valence-corrected chi connectivity index (χ1v) is 6.17. The largest absolute Gasteiger partial charge is 0.350 e. The molecule has 0 radical (unpaired) electrons. The van der Waals surface area contributed by atoms with E-state index in [1.807, 2.05) is 18.5 Å². The fourth-order valence-electron chi connectivity index (χ4n) is 2.23. The first-order valence-electron chi connectivity index (χ1n) is 6.17. The first-order chi connectivity index (χ1) is 8.11. The van der Waals surface area contributed by atoms with Crippen molar-refractivity contribution < 1.29 is 4.79 Å². The van der Waals surface area contributed by atoms with E-state index in [1.165, 1.54) is 0 Å². The third-order valence-electron chi connectivity index (χ3n) is 3.18. The molecule has 2 rings (SSSR count). The highest BCUT2D eigenvalue weighted by Gasteiger charge is 2.24. The van der Waals surface area contributed by atoms with E-state index in [-0.39, 0.29) is 11.9 Å². The van der Waals surface area contributed by atoms with Crippen LogP contribution in [0, 0.1) is 5.92 Å². The van der Waals surface area contributed by atoms with Crippen molar-refractivity contribution in [1.29, 1.82) is 0 Å². The average Bonchev–Trinajstić information content (AvgIpc) is 2.70. The minimum atomic E-state index is -0.0288. The Labute approximate surface area is 101 Å². The quantitative estimate of drug-likeness (QED) is 0.804. The molecule has 2 heterocycles. The number of aryl methyl sites for hydroxylation is 1. The molecule has 0 spiro atoms. The topological polar surface area (TPSA) is 72.9 Å². The number of hydrogen-bond acceptors (Lipinski definition) is 3. The van der Waals surface area contributed by atoms with Crippen LogP contribution in [-0.4, -0.2) is 28.3 Å². The van der Waals surface area contributed by atoms with Gasteiger partial charge in [-0.1, -0.05) is 0 Å². The Kier molecular flexibility index (Phi) is 3.47. The second-order valence-electron chi connectivity index (χ2n) is 4.95. The highest BCUT2D eigenvalue weighted by atomic mass is 16.1. The monoisotopic (exact) mass is 236 g/mol. The molecule has 0 saturated heterocycles. The molecule has 1 amide bonds. The first kappa shape index (κ1) is 12.1.